The zero-order chi connectivity index (χ0) is 22.8. The van der Waals surface area contributed by atoms with E-state index in [4.69, 9.17) is 0 Å². The fraction of sp³-hybridized carbons (Fsp3) is 0.192. The zero-order valence-corrected chi connectivity index (χ0v) is 20.3. The molecule has 166 valence electrons. The van der Waals surface area contributed by atoms with Crippen molar-refractivity contribution in [2.24, 2.45) is 0 Å². The van der Waals surface area contributed by atoms with E-state index in [9.17, 15) is 13.7 Å². The van der Waals surface area contributed by atoms with E-state index >= 15 is 0 Å². The fourth-order valence-electron chi connectivity index (χ4n) is 4.28. The van der Waals surface area contributed by atoms with E-state index in [0.29, 0.717) is 15.8 Å². The van der Waals surface area contributed by atoms with Gasteiger partial charge in [0.05, 0.1) is 33.2 Å². The van der Waals surface area contributed by atoms with Crippen molar-refractivity contribution < 1.29 is 8.42 Å². The topological polar surface area (TPSA) is 62.9 Å². The molecule has 4 nitrogen and oxygen atoms in total. The lowest BCUT2D eigenvalue weighted by atomic mass is 10.00. The minimum absolute atomic E-state index is 0.00778. The van der Waals surface area contributed by atoms with Crippen LogP contribution in [0.4, 0.5) is 0 Å². The van der Waals surface area contributed by atoms with Crippen LogP contribution in [-0.4, -0.2) is 23.9 Å². The van der Waals surface area contributed by atoms with Gasteiger partial charge in [-0.2, -0.15) is 5.26 Å². The van der Waals surface area contributed by atoms with E-state index in [1.807, 2.05) is 47.8 Å². The highest BCUT2D eigenvalue weighted by molar-refractivity contribution is 8.16. The summed E-state index contributed by atoms with van der Waals surface area (Å²) in [6.07, 6.45) is 1.24. The van der Waals surface area contributed by atoms with Crippen molar-refractivity contribution in [3.8, 4) is 17.2 Å². The van der Waals surface area contributed by atoms with Crippen LogP contribution >= 0.6 is 23.5 Å². The zero-order valence-electron chi connectivity index (χ0n) is 17.8. The van der Waals surface area contributed by atoms with Crippen molar-refractivity contribution in [3.63, 3.8) is 0 Å². The lowest BCUT2D eigenvalue weighted by Crippen LogP contribution is -2.15. The third kappa shape index (κ3) is 4.08. The number of nitrogens with zero attached hydrogens (tertiary/aromatic N) is 2. The molecule has 0 aliphatic carbocycles. The lowest BCUT2D eigenvalue weighted by molar-refractivity contribution is 0.587. The average Bonchev–Trinajstić information content (AvgIpc) is 3.20. The minimum Gasteiger partial charge on any atom is -0.236 e. The standard InChI is InChI=1S/C26H22N2O2S3/c27-16-15-24-25(19-11-13-20(14-12-19)26-31-17-6-18-32-26)22-9-4-5-10-23(22)28(24)33(29,30)21-7-2-1-3-8-21/h1-5,7-14,26H,6,15,17-18H2. The van der Waals surface area contributed by atoms with E-state index in [-0.39, 0.29) is 11.3 Å². The van der Waals surface area contributed by atoms with Crippen molar-refractivity contribution in [1.29, 1.82) is 5.26 Å². The van der Waals surface area contributed by atoms with E-state index in [0.717, 1.165) is 16.5 Å². The van der Waals surface area contributed by atoms with Gasteiger partial charge in [0.1, 0.15) is 0 Å². The summed E-state index contributed by atoms with van der Waals surface area (Å²) in [4.78, 5) is 0.207. The van der Waals surface area contributed by atoms with Gasteiger partial charge >= 0.3 is 0 Å². The Morgan fingerprint density at radius 1 is 0.909 bits per heavy atom. The highest BCUT2D eigenvalue weighted by Crippen LogP contribution is 2.44. The van der Waals surface area contributed by atoms with E-state index in [1.165, 1.54) is 27.5 Å². The third-order valence-corrected chi connectivity index (χ3v) is 10.5. The van der Waals surface area contributed by atoms with Gasteiger partial charge < -0.3 is 0 Å². The molecule has 2 heterocycles. The molecule has 0 saturated carbocycles. The van der Waals surface area contributed by atoms with Gasteiger partial charge in [-0.25, -0.2) is 12.4 Å². The van der Waals surface area contributed by atoms with Gasteiger partial charge in [-0.05, 0) is 47.3 Å². The van der Waals surface area contributed by atoms with Crippen molar-refractivity contribution in [1.82, 2.24) is 3.97 Å². The summed E-state index contributed by atoms with van der Waals surface area (Å²) < 4.78 is 29.2. The molecule has 0 atom stereocenters. The summed E-state index contributed by atoms with van der Waals surface area (Å²) in [5, 5.41) is 10.5. The number of rotatable bonds is 5. The second-order valence-electron chi connectivity index (χ2n) is 7.81. The van der Waals surface area contributed by atoms with Crippen LogP contribution < -0.4 is 0 Å². The lowest BCUT2D eigenvalue weighted by Gasteiger charge is -2.21. The number of fused-ring (bicyclic) bond motifs is 1. The number of hydrogen-bond donors (Lipinski definition) is 0. The smallest absolute Gasteiger partial charge is 0.236 e. The molecule has 4 aromatic rings. The summed E-state index contributed by atoms with van der Waals surface area (Å²) in [5.41, 5.74) is 4.09. The summed E-state index contributed by atoms with van der Waals surface area (Å²) in [7, 11) is -3.87. The first-order valence-electron chi connectivity index (χ1n) is 10.7. The van der Waals surface area contributed by atoms with Gasteiger partial charge in [0.25, 0.3) is 10.0 Å². The Balaban J connectivity index is 1.70. The Labute approximate surface area is 202 Å². The molecule has 1 saturated heterocycles. The maximum atomic E-state index is 13.7. The Hall–Kier alpha value is -2.66. The molecule has 1 aliphatic rings. The van der Waals surface area contributed by atoms with Gasteiger partial charge in [0.15, 0.2) is 0 Å². The first-order valence-corrected chi connectivity index (χ1v) is 14.3. The van der Waals surface area contributed by atoms with Crippen LogP contribution in [0.1, 0.15) is 22.3 Å². The van der Waals surface area contributed by atoms with Crippen molar-refractivity contribution >= 4 is 44.4 Å². The van der Waals surface area contributed by atoms with Crippen molar-refractivity contribution in [2.75, 3.05) is 11.5 Å². The number of hydrogen-bond acceptors (Lipinski definition) is 5. The van der Waals surface area contributed by atoms with Gasteiger partial charge in [0.2, 0.25) is 0 Å². The Morgan fingerprint density at radius 3 is 2.27 bits per heavy atom. The molecule has 0 spiro atoms. The quantitative estimate of drug-likeness (QED) is 0.320. The molecule has 5 rings (SSSR count). The first-order chi connectivity index (χ1) is 16.1. The van der Waals surface area contributed by atoms with Gasteiger partial charge in [0, 0.05) is 10.9 Å². The van der Waals surface area contributed by atoms with Gasteiger partial charge in [-0.15, -0.1) is 23.5 Å². The second kappa shape index (κ2) is 9.30. The molecule has 0 amide bonds. The van der Waals surface area contributed by atoms with Crippen LogP contribution in [0.5, 0.6) is 0 Å². The van der Waals surface area contributed by atoms with Crippen LogP contribution in [-0.2, 0) is 16.4 Å². The van der Waals surface area contributed by atoms with E-state index < -0.39 is 10.0 Å². The number of nitriles is 1. The molecular formula is C26H22N2O2S3. The number of thioether (sulfide) groups is 2. The molecule has 0 bridgehead atoms. The molecular weight excluding hydrogens is 468 g/mol. The van der Waals surface area contributed by atoms with Crippen LogP contribution in [0.3, 0.4) is 0 Å². The molecule has 3 aromatic carbocycles. The van der Waals surface area contributed by atoms with Crippen LogP contribution in [0.25, 0.3) is 22.0 Å². The second-order valence-corrected chi connectivity index (χ2v) is 12.3. The molecule has 0 radical (unpaired) electrons. The summed E-state index contributed by atoms with van der Waals surface area (Å²) in [6.45, 7) is 0. The SMILES string of the molecule is N#CCc1c(-c2ccc(C3SCCCS3)cc2)c2ccccc2n1S(=O)(=O)c1ccccc1. The average molecular weight is 491 g/mol. The van der Waals surface area contributed by atoms with E-state index in [1.54, 1.807) is 30.3 Å². The fourth-order valence-corrected chi connectivity index (χ4v) is 8.75. The Kier molecular flexibility index (Phi) is 6.24. The number of para-hydroxylation sites is 1. The molecule has 1 aromatic heterocycles. The summed E-state index contributed by atoms with van der Waals surface area (Å²) in [6, 6.07) is 26.5. The normalized spacial score (nSPS) is 14.9. The highest BCUT2D eigenvalue weighted by Gasteiger charge is 2.27. The monoisotopic (exact) mass is 490 g/mol. The molecule has 0 unspecified atom stereocenters. The maximum Gasteiger partial charge on any atom is 0.268 e. The van der Waals surface area contributed by atoms with Crippen LogP contribution in [0.15, 0.2) is 83.8 Å². The predicted molar refractivity (Wildman–Crippen MR) is 138 cm³/mol. The van der Waals surface area contributed by atoms with Crippen LogP contribution in [0, 0.1) is 11.3 Å². The predicted octanol–water partition coefficient (Wildman–Crippen LogP) is 6.48. The Morgan fingerprint density at radius 2 is 1.58 bits per heavy atom. The molecule has 33 heavy (non-hydrogen) atoms. The largest absolute Gasteiger partial charge is 0.268 e. The Bertz CT molecular complexity index is 1430. The number of aromatic nitrogens is 1. The minimum atomic E-state index is -3.87. The molecule has 1 fully saturated rings. The molecule has 0 N–H and O–H groups in total. The van der Waals surface area contributed by atoms with Crippen LogP contribution in [0.2, 0.25) is 0 Å². The van der Waals surface area contributed by atoms with Gasteiger partial charge in [-0.1, -0.05) is 60.7 Å². The summed E-state index contributed by atoms with van der Waals surface area (Å²) >= 11 is 3.95. The van der Waals surface area contributed by atoms with Crippen molar-refractivity contribution in [3.05, 3.63) is 90.1 Å². The maximum absolute atomic E-state index is 13.7. The van der Waals surface area contributed by atoms with Crippen molar-refractivity contribution in [2.45, 2.75) is 22.3 Å². The summed E-state index contributed by atoms with van der Waals surface area (Å²) in [5.74, 6) is 2.35. The van der Waals surface area contributed by atoms with E-state index in [2.05, 4.69) is 30.3 Å². The highest BCUT2D eigenvalue weighted by atomic mass is 32.2. The molecule has 1 aliphatic heterocycles. The third-order valence-electron chi connectivity index (χ3n) is 5.75. The molecule has 7 heteroatoms. The van der Waals surface area contributed by atoms with Gasteiger partial charge in [-0.3, -0.25) is 0 Å². The number of benzene rings is 3. The first kappa shape index (κ1) is 22.1.